The van der Waals surface area contributed by atoms with E-state index in [-0.39, 0.29) is 11.6 Å². The fourth-order valence-corrected chi connectivity index (χ4v) is 1.68. The lowest BCUT2D eigenvalue weighted by atomic mass is 10.1. The van der Waals surface area contributed by atoms with E-state index in [2.05, 4.69) is 27.7 Å². The van der Waals surface area contributed by atoms with E-state index in [1.165, 1.54) is 0 Å². The van der Waals surface area contributed by atoms with Crippen LogP contribution in [0.5, 0.6) is 0 Å². The van der Waals surface area contributed by atoms with Crippen LogP contribution in [0, 0.1) is 0 Å². The van der Waals surface area contributed by atoms with E-state index in [9.17, 15) is 4.79 Å². The normalized spacial score (nSPS) is 18.6. The molecular formula is C10H20N2O. The van der Waals surface area contributed by atoms with Crippen LogP contribution in [0.2, 0.25) is 0 Å². The number of urea groups is 1. The van der Waals surface area contributed by atoms with Gasteiger partial charge in [0.05, 0.1) is 0 Å². The Bertz CT molecular complexity index is 196. The first kappa shape index (κ1) is 10.4. The standard InChI is InChI=1S/C10H20N2O/c1-5-6-11-7-8-12(9(11)13)10(2,3)4/h5-8H2,1-4H3. The second kappa shape index (κ2) is 3.56. The van der Waals surface area contributed by atoms with Gasteiger partial charge in [-0.3, -0.25) is 0 Å². The van der Waals surface area contributed by atoms with Gasteiger partial charge in [0.1, 0.15) is 0 Å². The second-order valence-corrected chi connectivity index (χ2v) is 4.59. The Morgan fingerprint density at radius 2 is 1.92 bits per heavy atom. The molecule has 76 valence electrons. The lowest BCUT2D eigenvalue weighted by Gasteiger charge is -2.31. The largest absolute Gasteiger partial charge is 0.323 e. The summed E-state index contributed by atoms with van der Waals surface area (Å²) in [5.41, 5.74) is -0.0282. The molecule has 1 heterocycles. The van der Waals surface area contributed by atoms with E-state index in [0.29, 0.717) is 0 Å². The molecule has 1 saturated heterocycles. The number of amides is 2. The Balaban J connectivity index is 2.60. The molecule has 0 atom stereocenters. The van der Waals surface area contributed by atoms with Crippen molar-refractivity contribution in [2.75, 3.05) is 19.6 Å². The molecule has 0 aromatic heterocycles. The highest BCUT2D eigenvalue weighted by Gasteiger charge is 2.34. The smallest absolute Gasteiger partial charge is 0.320 e. The third-order valence-electron chi connectivity index (χ3n) is 2.40. The highest BCUT2D eigenvalue weighted by Crippen LogP contribution is 2.20. The quantitative estimate of drug-likeness (QED) is 0.643. The molecule has 0 saturated carbocycles. The molecule has 1 fully saturated rings. The van der Waals surface area contributed by atoms with E-state index >= 15 is 0 Å². The van der Waals surface area contributed by atoms with Crippen molar-refractivity contribution < 1.29 is 4.79 Å². The summed E-state index contributed by atoms with van der Waals surface area (Å²) >= 11 is 0. The first-order valence-corrected chi connectivity index (χ1v) is 5.03. The van der Waals surface area contributed by atoms with Crippen molar-refractivity contribution in [2.24, 2.45) is 0 Å². The third-order valence-corrected chi connectivity index (χ3v) is 2.40. The fraction of sp³-hybridized carbons (Fsp3) is 0.900. The van der Waals surface area contributed by atoms with Gasteiger partial charge in [0.2, 0.25) is 0 Å². The van der Waals surface area contributed by atoms with Crippen molar-refractivity contribution >= 4 is 6.03 Å². The van der Waals surface area contributed by atoms with Gasteiger partial charge in [-0.15, -0.1) is 0 Å². The number of hydrogen-bond acceptors (Lipinski definition) is 1. The van der Waals surface area contributed by atoms with Crippen molar-refractivity contribution in [2.45, 2.75) is 39.7 Å². The van der Waals surface area contributed by atoms with Crippen LogP contribution < -0.4 is 0 Å². The Kier molecular flexibility index (Phi) is 2.84. The maximum absolute atomic E-state index is 11.8. The minimum Gasteiger partial charge on any atom is -0.323 e. The molecule has 1 rings (SSSR count). The molecule has 3 heteroatoms. The number of carbonyl (C=O) groups is 1. The zero-order valence-corrected chi connectivity index (χ0v) is 9.13. The van der Waals surface area contributed by atoms with E-state index in [0.717, 1.165) is 26.1 Å². The third kappa shape index (κ3) is 2.14. The van der Waals surface area contributed by atoms with Crippen molar-refractivity contribution in [3.8, 4) is 0 Å². The van der Waals surface area contributed by atoms with Gasteiger partial charge in [-0.05, 0) is 27.2 Å². The molecule has 1 aliphatic heterocycles. The number of nitrogens with zero attached hydrogens (tertiary/aromatic N) is 2. The van der Waals surface area contributed by atoms with Crippen LogP contribution in [0.3, 0.4) is 0 Å². The zero-order chi connectivity index (χ0) is 10.1. The molecule has 2 amide bonds. The summed E-state index contributed by atoms with van der Waals surface area (Å²) in [6.45, 7) is 11.0. The predicted octanol–water partition coefficient (Wildman–Crippen LogP) is 1.93. The number of carbonyl (C=O) groups excluding carboxylic acids is 1. The van der Waals surface area contributed by atoms with Gasteiger partial charge in [-0.2, -0.15) is 0 Å². The maximum Gasteiger partial charge on any atom is 0.320 e. The van der Waals surface area contributed by atoms with Crippen LogP contribution >= 0.6 is 0 Å². The van der Waals surface area contributed by atoms with Crippen LogP contribution in [0.25, 0.3) is 0 Å². The highest BCUT2D eigenvalue weighted by molar-refractivity contribution is 5.77. The summed E-state index contributed by atoms with van der Waals surface area (Å²) in [6.07, 6.45) is 1.05. The summed E-state index contributed by atoms with van der Waals surface area (Å²) in [5.74, 6) is 0. The Morgan fingerprint density at radius 3 is 2.31 bits per heavy atom. The van der Waals surface area contributed by atoms with E-state index in [4.69, 9.17) is 0 Å². The molecule has 0 spiro atoms. The summed E-state index contributed by atoms with van der Waals surface area (Å²) in [7, 11) is 0. The Labute approximate surface area is 80.7 Å². The van der Waals surface area contributed by atoms with Crippen LogP contribution in [0.1, 0.15) is 34.1 Å². The first-order chi connectivity index (χ1) is 5.96. The average molecular weight is 184 g/mol. The van der Waals surface area contributed by atoms with Gasteiger partial charge in [-0.1, -0.05) is 6.92 Å². The summed E-state index contributed by atoms with van der Waals surface area (Å²) in [6, 6.07) is 0.203. The minimum absolute atomic E-state index is 0.0282. The maximum atomic E-state index is 11.8. The lowest BCUT2D eigenvalue weighted by Crippen LogP contribution is -2.44. The molecule has 0 aliphatic carbocycles. The van der Waals surface area contributed by atoms with Crippen molar-refractivity contribution in [3.05, 3.63) is 0 Å². The molecule has 3 nitrogen and oxygen atoms in total. The zero-order valence-electron chi connectivity index (χ0n) is 9.13. The molecule has 0 bridgehead atoms. The van der Waals surface area contributed by atoms with Crippen molar-refractivity contribution in [1.82, 2.24) is 9.80 Å². The second-order valence-electron chi connectivity index (χ2n) is 4.59. The highest BCUT2D eigenvalue weighted by atomic mass is 16.2. The Morgan fingerprint density at radius 1 is 1.31 bits per heavy atom. The van der Waals surface area contributed by atoms with Gasteiger partial charge < -0.3 is 9.80 Å². The SMILES string of the molecule is CCCN1CCN(C(C)(C)C)C1=O. The molecule has 0 unspecified atom stereocenters. The predicted molar refractivity (Wildman–Crippen MR) is 53.7 cm³/mol. The van der Waals surface area contributed by atoms with Crippen LogP contribution in [0.15, 0.2) is 0 Å². The molecule has 13 heavy (non-hydrogen) atoms. The molecule has 1 aliphatic rings. The van der Waals surface area contributed by atoms with Crippen LogP contribution in [-0.2, 0) is 0 Å². The van der Waals surface area contributed by atoms with Crippen molar-refractivity contribution in [1.29, 1.82) is 0 Å². The van der Waals surface area contributed by atoms with Crippen molar-refractivity contribution in [3.63, 3.8) is 0 Å². The molecule has 0 aromatic carbocycles. The summed E-state index contributed by atoms with van der Waals surface area (Å²) in [4.78, 5) is 15.7. The Hall–Kier alpha value is -0.730. The summed E-state index contributed by atoms with van der Waals surface area (Å²) < 4.78 is 0. The minimum atomic E-state index is -0.0282. The van der Waals surface area contributed by atoms with Crippen LogP contribution in [-0.4, -0.2) is 41.0 Å². The molecule has 0 aromatic rings. The number of hydrogen-bond donors (Lipinski definition) is 0. The van der Waals surface area contributed by atoms with Gasteiger partial charge in [0, 0.05) is 25.2 Å². The fourth-order valence-electron chi connectivity index (χ4n) is 1.68. The van der Waals surface area contributed by atoms with E-state index < -0.39 is 0 Å². The van der Waals surface area contributed by atoms with Gasteiger partial charge in [-0.25, -0.2) is 4.79 Å². The van der Waals surface area contributed by atoms with Gasteiger partial charge in [0.25, 0.3) is 0 Å². The van der Waals surface area contributed by atoms with Gasteiger partial charge in [0.15, 0.2) is 0 Å². The summed E-state index contributed by atoms with van der Waals surface area (Å²) in [5, 5.41) is 0. The monoisotopic (exact) mass is 184 g/mol. The van der Waals surface area contributed by atoms with Gasteiger partial charge >= 0.3 is 6.03 Å². The lowest BCUT2D eigenvalue weighted by molar-refractivity contribution is 0.155. The topological polar surface area (TPSA) is 23.6 Å². The van der Waals surface area contributed by atoms with Crippen LogP contribution in [0.4, 0.5) is 4.79 Å². The molecular weight excluding hydrogens is 164 g/mol. The average Bonchev–Trinajstić information content (AvgIpc) is 2.32. The molecule has 0 radical (unpaired) electrons. The van der Waals surface area contributed by atoms with E-state index in [1.807, 2.05) is 9.80 Å². The first-order valence-electron chi connectivity index (χ1n) is 5.03. The molecule has 0 N–H and O–H groups in total. The number of rotatable bonds is 2. The van der Waals surface area contributed by atoms with E-state index in [1.54, 1.807) is 0 Å².